The zero-order chi connectivity index (χ0) is 13.5. The molecule has 1 aliphatic heterocycles. The van der Waals surface area contributed by atoms with Crippen LogP contribution in [0.3, 0.4) is 0 Å². The van der Waals surface area contributed by atoms with Crippen LogP contribution in [0.2, 0.25) is 0 Å². The Kier molecular flexibility index (Phi) is 6.05. The van der Waals surface area contributed by atoms with Crippen molar-refractivity contribution in [2.75, 3.05) is 13.2 Å². The van der Waals surface area contributed by atoms with Crippen molar-refractivity contribution in [1.82, 2.24) is 5.32 Å². The third kappa shape index (κ3) is 4.26. The van der Waals surface area contributed by atoms with E-state index in [2.05, 4.69) is 5.32 Å². The van der Waals surface area contributed by atoms with Gasteiger partial charge >= 0.3 is 0 Å². The molecule has 1 heterocycles. The maximum atomic E-state index is 12.0. The lowest BCUT2D eigenvalue weighted by Crippen LogP contribution is -2.52. The molecule has 4 heteroatoms. The number of hydrogen-bond donors (Lipinski definition) is 1. The lowest BCUT2D eigenvalue weighted by molar-refractivity contribution is -0.133. The summed E-state index contributed by atoms with van der Waals surface area (Å²) in [6.07, 6.45) is 3.74. The number of nitrogens with one attached hydrogen (secondary N) is 1. The molecule has 1 fully saturated rings. The first-order chi connectivity index (χ1) is 8.58. The van der Waals surface area contributed by atoms with Crippen LogP contribution in [0.4, 0.5) is 0 Å². The summed E-state index contributed by atoms with van der Waals surface area (Å²) in [7, 11) is 0. The highest BCUT2D eigenvalue weighted by molar-refractivity contribution is 5.94. The van der Waals surface area contributed by atoms with Gasteiger partial charge in [-0.1, -0.05) is 19.4 Å². The summed E-state index contributed by atoms with van der Waals surface area (Å²) in [5.74, 6) is 0.0840. The van der Waals surface area contributed by atoms with E-state index < -0.39 is 0 Å². The van der Waals surface area contributed by atoms with Crippen molar-refractivity contribution in [3.8, 4) is 0 Å². The standard InChI is InChI=1S/C14H23NO3/c1-4-6-12(16)14(11-8-18-9-11)15-13(17)7-10(3)5-2/h7,11,14H,4-6,8-9H2,1-3H3,(H,15,17)/b10-7+. The Bertz CT molecular complexity index is 332. The molecule has 1 saturated heterocycles. The first-order valence-electron chi connectivity index (χ1n) is 6.66. The fourth-order valence-electron chi connectivity index (χ4n) is 1.83. The molecule has 1 aliphatic rings. The predicted molar refractivity (Wildman–Crippen MR) is 70.2 cm³/mol. The number of carbonyl (C=O) groups excluding carboxylic acids is 2. The summed E-state index contributed by atoms with van der Waals surface area (Å²) < 4.78 is 5.11. The van der Waals surface area contributed by atoms with Crippen LogP contribution >= 0.6 is 0 Å². The van der Waals surface area contributed by atoms with Gasteiger partial charge in [-0.15, -0.1) is 0 Å². The summed E-state index contributed by atoms with van der Waals surface area (Å²) in [5, 5.41) is 2.82. The molecule has 0 aromatic heterocycles. The zero-order valence-corrected chi connectivity index (χ0v) is 11.5. The molecule has 0 aromatic carbocycles. The summed E-state index contributed by atoms with van der Waals surface area (Å²) in [6.45, 7) is 7.01. The van der Waals surface area contributed by atoms with E-state index in [0.717, 1.165) is 18.4 Å². The second kappa shape index (κ2) is 7.31. The molecule has 0 bridgehead atoms. The molecule has 1 rings (SSSR count). The Morgan fingerprint density at radius 3 is 2.50 bits per heavy atom. The second-order valence-electron chi connectivity index (χ2n) is 4.84. The van der Waals surface area contributed by atoms with Crippen molar-refractivity contribution < 1.29 is 14.3 Å². The monoisotopic (exact) mass is 253 g/mol. The molecule has 18 heavy (non-hydrogen) atoms. The lowest BCUT2D eigenvalue weighted by Gasteiger charge is -2.33. The van der Waals surface area contributed by atoms with E-state index >= 15 is 0 Å². The quantitative estimate of drug-likeness (QED) is 0.704. The van der Waals surface area contributed by atoms with Crippen LogP contribution in [-0.2, 0) is 14.3 Å². The van der Waals surface area contributed by atoms with Crippen LogP contribution in [0.5, 0.6) is 0 Å². The van der Waals surface area contributed by atoms with Crippen LogP contribution in [0.1, 0.15) is 40.0 Å². The molecule has 1 N–H and O–H groups in total. The first-order valence-corrected chi connectivity index (χ1v) is 6.66. The maximum Gasteiger partial charge on any atom is 0.244 e. The Labute approximate surface area is 109 Å². The SMILES string of the molecule is CCCC(=O)C(NC(=O)/C=C(\C)CC)C1COC1. The second-order valence-corrected chi connectivity index (χ2v) is 4.84. The topological polar surface area (TPSA) is 55.4 Å². The van der Waals surface area contributed by atoms with E-state index in [0.29, 0.717) is 19.6 Å². The van der Waals surface area contributed by atoms with Gasteiger partial charge in [-0.05, 0) is 19.8 Å². The molecule has 4 nitrogen and oxygen atoms in total. The highest BCUT2D eigenvalue weighted by Gasteiger charge is 2.33. The van der Waals surface area contributed by atoms with E-state index in [1.807, 2.05) is 20.8 Å². The molecule has 1 unspecified atom stereocenters. The van der Waals surface area contributed by atoms with Gasteiger partial charge < -0.3 is 10.1 Å². The van der Waals surface area contributed by atoms with Crippen molar-refractivity contribution in [2.45, 2.75) is 46.1 Å². The fraction of sp³-hybridized carbons (Fsp3) is 0.714. The molecule has 1 amide bonds. The van der Waals surface area contributed by atoms with Crippen molar-refractivity contribution in [3.05, 3.63) is 11.6 Å². The number of Topliss-reactive ketones (excluding diaryl/α,β-unsaturated/α-hetero) is 1. The molecular formula is C14H23NO3. The van der Waals surface area contributed by atoms with Crippen molar-refractivity contribution in [2.24, 2.45) is 5.92 Å². The Hall–Kier alpha value is -1.16. The van der Waals surface area contributed by atoms with E-state index in [4.69, 9.17) is 4.74 Å². The number of allylic oxidation sites excluding steroid dienone is 1. The summed E-state index contributed by atoms with van der Waals surface area (Å²) >= 11 is 0. The van der Waals surface area contributed by atoms with Gasteiger partial charge in [0.1, 0.15) is 0 Å². The van der Waals surface area contributed by atoms with Crippen LogP contribution in [-0.4, -0.2) is 30.9 Å². The first kappa shape index (κ1) is 14.9. The Morgan fingerprint density at radius 1 is 1.39 bits per heavy atom. The molecule has 102 valence electrons. The third-order valence-electron chi connectivity index (χ3n) is 3.21. The van der Waals surface area contributed by atoms with E-state index in [9.17, 15) is 9.59 Å². The van der Waals surface area contributed by atoms with Gasteiger partial charge in [0, 0.05) is 18.4 Å². The molecule has 0 aromatic rings. The van der Waals surface area contributed by atoms with Crippen LogP contribution < -0.4 is 5.32 Å². The van der Waals surface area contributed by atoms with Crippen molar-refractivity contribution in [1.29, 1.82) is 0 Å². The van der Waals surface area contributed by atoms with E-state index in [-0.39, 0.29) is 23.7 Å². The Balaban J connectivity index is 2.60. The largest absolute Gasteiger partial charge is 0.380 e. The molecule has 0 radical (unpaired) electrons. The number of ether oxygens (including phenoxy) is 1. The van der Waals surface area contributed by atoms with Gasteiger partial charge in [0.25, 0.3) is 0 Å². The molecule has 0 spiro atoms. The molecular weight excluding hydrogens is 230 g/mol. The van der Waals surface area contributed by atoms with Gasteiger partial charge in [0.05, 0.1) is 19.3 Å². The molecule has 0 aliphatic carbocycles. The summed E-state index contributed by atoms with van der Waals surface area (Å²) in [5.41, 5.74) is 1.01. The smallest absolute Gasteiger partial charge is 0.244 e. The minimum atomic E-state index is -0.382. The van der Waals surface area contributed by atoms with Gasteiger partial charge in [-0.25, -0.2) is 0 Å². The number of amides is 1. The Morgan fingerprint density at radius 2 is 2.06 bits per heavy atom. The number of rotatable bonds is 7. The van der Waals surface area contributed by atoms with Crippen LogP contribution in [0.25, 0.3) is 0 Å². The lowest BCUT2D eigenvalue weighted by atomic mass is 9.92. The third-order valence-corrected chi connectivity index (χ3v) is 3.21. The number of hydrogen-bond acceptors (Lipinski definition) is 3. The predicted octanol–water partition coefficient (Wildman–Crippen LogP) is 1.84. The zero-order valence-electron chi connectivity index (χ0n) is 11.5. The van der Waals surface area contributed by atoms with Gasteiger partial charge in [-0.2, -0.15) is 0 Å². The minimum Gasteiger partial charge on any atom is -0.380 e. The fourth-order valence-corrected chi connectivity index (χ4v) is 1.83. The van der Waals surface area contributed by atoms with Gasteiger partial charge in [-0.3, -0.25) is 9.59 Å². The van der Waals surface area contributed by atoms with Crippen LogP contribution in [0, 0.1) is 5.92 Å². The normalized spacial score (nSPS) is 18.1. The number of ketones is 1. The van der Waals surface area contributed by atoms with Gasteiger partial charge in [0.15, 0.2) is 5.78 Å². The average Bonchev–Trinajstić information content (AvgIpc) is 2.25. The van der Waals surface area contributed by atoms with Crippen molar-refractivity contribution >= 4 is 11.7 Å². The average molecular weight is 253 g/mol. The summed E-state index contributed by atoms with van der Waals surface area (Å²) in [6, 6.07) is -0.382. The maximum absolute atomic E-state index is 12.0. The highest BCUT2D eigenvalue weighted by atomic mass is 16.5. The van der Waals surface area contributed by atoms with Gasteiger partial charge in [0.2, 0.25) is 5.91 Å². The minimum absolute atomic E-state index is 0.113. The molecule has 0 saturated carbocycles. The van der Waals surface area contributed by atoms with E-state index in [1.165, 1.54) is 0 Å². The van der Waals surface area contributed by atoms with Crippen LogP contribution in [0.15, 0.2) is 11.6 Å². The number of carbonyl (C=O) groups is 2. The highest BCUT2D eigenvalue weighted by Crippen LogP contribution is 2.17. The molecule has 1 atom stereocenters. The van der Waals surface area contributed by atoms with Crippen molar-refractivity contribution in [3.63, 3.8) is 0 Å². The summed E-state index contributed by atoms with van der Waals surface area (Å²) in [4.78, 5) is 23.8. The van der Waals surface area contributed by atoms with E-state index in [1.54, 1.807) is 6.08 Å².